The maximum absolute atomic E-state index is 6.00. The highest BCUT2D eigenvalue weighted by molar-refractivity contribution is 5.41. The summed E-state index contributed by atoms with van der Waals surface area (Å²) in [5, 5.41) is 3.53. The summed E-state index contributed by atoms with van der Waals surface area (Å²) in [5.41, 5.74) is 3.98. The maximum Gasteiger partial charge on any atom is 0.127 e. The minimum Gasteiger partial charge on any atom is -0.491 e. The average Bonchev–Trinajstić information content (AvgIpc) is 2.55. The van der Waals surface area contributed by atoms with Gasteiger partial charge >= 0.3 is 0 Å². The van der Waals surface area contributed by atoms with Gasteiger partial charge in [-0.15, -0.1) is 0 Å². The predicted molar refractivity (Wildman–Crippen MR) is 114 cm³/mol. The van der Waals surface area contributed by atoms with Crippen molar-refractivity contribution < 1.29 is 9.47 Å². The molecule has 2 aromatic rings. The third-order valence-electron chi connectivity index (χ3n) is 4.24. The fraction of sp³-hybridized carbons (Fsp3) is 0.500. The Labute approximate surface area is 165 Å². The SMILES string of the molecule is CC(C)Oc1ccc(CNCc2ccc(C(C)(C)C)cc2)c(OC(C)C)c1. The second kappa shape index (κ2) is 9.27. The number of hydrogen-bond acceptors (Lipinski definition) is 3. The number of nitrogens with one attached hydrogen (secondary N) is 1. The highest BCUT2D eigenvalue weighted by Gasteiger charge is 2.13. The number of rotatable bonds is 8. The van der Waals surface area contributed by atoms with Crippen LogP contribution in [0.4, 0.5) is 0 Å². The van der Waals surface area contributed by atoms with E-state index in [0.29, 0.717) is 0 Å². The molecule has 0 atom stereocenters. The molecule has 0 amide bonds. The van der Waals surface area contributed by atoms with E-state index in [1.165, 1.54) is 11.1 Å². The van der Waals surface area contributed by atoms with Crippen LogP contribution in [0.25, 0.3) is 0 Å². The van der Waals surface area contributed by atoms with Crippen molar-refractivity contribution in [2.45, 2.75) is 79.2 Å². The lowest BCUT2D eigenvalue weighted by Gasteiger charge is -2.19. The molecule has 0 unspecified atom stereocenters. The molecule has 0 radical (unpaired) electrons. The quantitative estimate of drug-likeness (QED) is 0.633. The Balaban J connectivity index is 2.01. The fourth-order valence-corrected chi connectivity index (χ4v) is 2.85. The molecular weight excluding hydrogens is 334 g/mol. The minimum atomic E-state index is 0.128. The molecular formula is C24H35NO2. The Hall–Kier alpha value is -2.00. The van der Waals surface area contributed by atoms with Gasteiger partial charge in [0.1, 0.15) is 11.5 Å². The summed E-state index contributed by atoms with van der Waals surface area (Å²) in [7, 11) is 0. The first-order valence-corrected chi connectivity index (χ1v) is 9.91. The van der Waals surface area contributed by atoms with Gasteiger partial charge in [0.05, 0.1) is 12.2 Å². The zero-order valence-corrected chi connectivity index (χ0v) is 17.9. The smallest absolute Gasteiger partial charge is 0.127 e. The van der Waals surface area contributed by atoms with Crippen LogP contribution < -0.4 is 14.8 Å². The summed E-state index contributed by atoms with van der Waals surface area (Å²) in [6.07, 6.45) is 0.278. The summed E-state index contributed by atoms with van der Waals surface area (Å²) in [6.45, 7) is 16.5. The molecule has 0 saturated heterocycles. The van der Waals surface area contributed by atoms with Crippen molar-refractivity contribution in [2.24, 2.45) is 0 Å². The molecule has 0 aliphatic carbocycles. The van der Waals surface area contributed by atoms with Crippen molar-refractivity contribution in [1.82, 2.24) is 5.32 Å². The first-order chi connectivity index (χ1) is 12.6. The van der Waals surface area contributed by atoms with Crippen molar-refractivity contribution >= 4 is 0 Å². The highest BCUT2D eigenvalue weighted by Crippen LogP contribution is 2.27. The van der Waals surface area contributed by atoms with Gasteiger partial charge in [-0.1, -0.05) is 51.1 Å². The third-order valence-corrected chi connectivity index (χ3v) is 4.24. The van der Waals surface area contributed by atoms with Crippen LogP contribution in [-0.2, 0) is 18.5 Å². The highest BCUT2D eigenvalue weighted by atomic mass is 16.5. The van der Waals surface area contributed by atoms with Crippen LogP contribution >= 0.6 is 0 Å². The molecule has 2 rings (SSSR count). The van der Waals surface area contributed by atoms with E-state index in [0.717, 1.165) is 30.2 Å². The second-order valence-electron chi connectivity index (χ2n) is 8.65. The van der Waals surface area contributed by atoms with E-state index in [1.807, 2.05) is 39.8 Å². The van der Waals surface area contributed by atoms with E-state index in [4.69, 9.17) is 9.47 Å². The van der Waals surface area contributed by atoms with Crippen LogP contribution in [0.2, 0.25) is 0 Å². The lowest BCUT2D eigenvalue weighted by atomic mass is 9.87. The van der Waals surface area contributed by atoms with Gasteiger partial charge in [0.15, 0.2) is 0 Å². The summed E-state index contributed by atoms with van der Waals surface area (Å²) < 4.78 is 11.8. The van der Waals surface area contributed by atoms with Crippen LogP contribution in [0.3, 0.4) is 0 Å². The molecule has 1 N–H and O–H groups in total. The molecule has 0 fully saturated rings. The lowest BCUT2D eigenvalue weighted by molar-refractivity contribution is 0.227. The fourth-order valence-electron chi connectivity index (χ4n) is 2.85. The summed E-state index contributed by atoms with van der Waals surface area (Å²) in [5.74, 6) is 1.74. The molecule has 0 aliphatic rings. The summed E-state index contributed by atoms with van der Waals surface area (Å²) >= 11 is 0. The van der Waals surface area contributed by atoms with Crippen molar-refractivity contribution in [2.75, 3.05) is 0 Å². The van der Waals surface area contributed by atoms with Crippen LogP contribution in [0.1, 0.15) is 65.2 Å². The van der Waals surface area contributed by atoms with E-state index in [9.17, 15) is 0 Å². The molecule has 148 valence electrons. The summed E-state index contributed by atoms with van der Waals surface area (Å²) in [6, 6.07) is 15.0. The molecule has 0 bridgehead atoms. The Morgan fingerprint density at radius 2 is 1.44 bits per heavy atom. The van der Waals surface area contributed by atoms with Crippen LogP contribution in [0.5, 0.6) is 11.5 Å². The monoisotopic (exact) mass is 369 g/mol. The van der Waals surface area contributed by atoms with Gasteiger partial charge < -0.3 is 14.8 Å². The van der Waals surface area contributed by atoms with E-state index >= 15 is 0 Å². The van der Waals surface area contributed by atoms with Gasteiger partial charge in [-0.2, -0.15) is 0 Å². The molecule has 0 aliphatic heterocycles. The van der Waals surface area contributed by atoms with Crippen molar-refractivity contribution in [3.05, 3.63) is 59.2 Å². The van der Waals surface area contributed by atoms with Gasteiger partial charge in [0.25, 0.3) is 0 Å². The van der Waals surface area contributed by atoms with E-state index < -0.39 is 0 Å². The molecule has 0 saturated carbocycles. The van der Waals surface area contributed by atoms with Gasteiger partial charge in [-0.3, -0.25) is 0 Å². The zero-order chi connectivity index (χ0) is 20.0. The Kier molecular flexibility index (Phi) is 7.32. The normalized spacial score (nSPS) is 11.9. The first kappa shape index (κ1) is 21.3. The maximum atomic E-state index is 6.00. The average molecular weight is 370 g/mol. The van der Waals surface area contributed by atoms with E-state index in [-0.39, 0.29) is 17.6 Å². The topological polar surface area (TPSA) is 30.5 Å². The zero-order valence-electron chi connectivity index (χ0n) is 17.9. The second-order valence-corrected chi connectivity index (χ2v) is 8.65. The number of benzene rings is 2. The predicted octanol–water partition coefficient (Wildman–Crippen LogP) is 5.85. The Morgan fingerprint density at radius 3 is 2.00 bits per heavy atom. The largest absolute Gasteiger partial charge is 0.491 e. The van der Waals surface area contributed by atoms with Gasteiger partial charge in [0, 0.05) is 24.7 Å². The van der Waals surface area contributed by atoms with Crippen LogP contribution in [0, 0.1) is 0 Å². The summed E-state index contributed by atoms with van der Waals surface area (Å²) in [4.78, 5) is 0. The van der Waals surface area contributed by atoms with Crippen molar-refractivity contribution in [3.63, 3.8) is 0 Å². The Bertz CT molecular complexity index is 712. The van der Waals surface area contributed by atoms with Crippen LogP contribution in [-0.4, -0.2) is 12.2 Å². The van der Waals surface area contributed by atoms with E-state index in [2.05, 4.69) is 56.4 Å². The van der Waals surface area contributed by atoms with Crippen molar-refractivity contribution in [3.8, 4) is 11.5 Å². The van der Waals surface area contributed by atoms with Gasteiger partial charge in [-0.05, 0) is 50.3 Å². The molecule has 0 spiro atoms. The molecule has 27 heavy (non-hydrogen) atoms. The number of ether oxygens (including phenoxy) is 2. The van der Waals surface area contributed by atoms with E-state index in [1.54, 1.807) is 0 Å². The van der Waals surface area contributed by atoms with Gasteiger partial charge in [0.2, 0.25) is 0 Å². The Morgan fingerprint density at radius 1 is 0.815 bits per heavy atom. The molecule has 0 heterocycles. The number of hydrogen-bond donors (Lipinski definition) is 1. The molecule has 0 aromatic heterocycles. The lowest BCUT2D eigenvalue weighted by Crippen LogP contribution is -2.16. The van der Waals surface area contributed by atoms with Gasteiger partial charge in [-0.25, -0.2) is 0 Å². The first-order valence-electron chi connectivity index (χ1n) is 9.91. The molecule has 2 aromatic carbocycles. The van der Waals surface area contributed by atoms with Crippen LogP contribution in [0.15, 0.2) is 42.5 Å². The molecule has 3 nitrogen and oxygen atoms in total. The third kappa shape index (κ3) is 6.91. The minimum absolute atomic E-state index is 0.128. The van der Waals surface area contributed by atoms with Crippen molar-refractivity contribution in [1.29, 1.82) is 0 Å². The standard InChI is InChI=1S/C24H35NO2/c1-17(2)26-22-13-10-20(23(14-22)27-18(3)4)16-25-15-19-8-11-21(12-9-19)24(5,6)7/h8-14,17-18,25H,15-16H2,1-7H3. The molecule has 3 heteroatoms.